The summed E-state index contributed by atoms with van der Waals surface area (Å²) in [4.78, 5) is 11.3. The average molecular weight is 228 g/mol. The number of carbonyl (C=O) groups is 1. The molecule has 0 saturated carbocycles. The number of hydrogen-bond acceptors (Lipinski definition) is 2. The van der Waals surface area contributed by atoms with Crippen LogP contribution in [0.4, 0.5) is 0 Å². The van der Waals surface area contributed by atoms with Gasteiger partial charge >= 0.3 is 5.97 Å². The minimum atomic E-state index is -0.902. The highest BCUT2D eigenvalue weighted by atomic mass is 16.4. The number of benzene rings is 1. The van der Waals surface area contributed by atoms with Crippen molar-refractivity contribution in [3.8, 4) is 11.3 Å². The van der Waals surface area contributed by atoms with Gasteiger partial charge in [-0.1, -0.05) is 24.3 Å². The van der Waals surface area contributed by atoms with Crippen LogP contribution in [0.2, 0.25) is 0 Å². The van der Waals surface area contributed by atoms with Crippen LogP contribution in [0.5, 0.6) is 0 Å². The maximum Gasteiger partial charge on any atom is 0.339 e. The number of hydrogen-bond donors (Lipinski definition) is 1. The molecule has 0 aliphatic carbocycles. The Kier molecular flexibility index (Phi) is 2.04. The summed E-state index contributed by atoms with van der Waals surface area (Å²) < 4.78 is 1.81. The molecular weight excluding hydrogens is 216 g/mol. The molecule has 2 heterocycles. The lowest BCUT2D eigenvalue weighted by atomic mass is 9.96. The van der Waals surface area contributed by atoms with E-state index in [0.29, 0.717) is 11.3 Å². The zero-order chi connectivity index (χ0) is 12.0. The SMILES string of the molecule is Cc1nn2c(c1C(=O)O)-c1ccccc1CC2. The summed E-state index contributed by atoms with van der Waals surface area (Å²) in [6, 6.07) is 7.93. The first-order chi connectivity index (χ1) is 8.18. The van der Waals surface area contributed by atoms with Crippen molar-refractivity contribution in [3.05, 3.63) is 41.1 Å². The van der Waals surface area contributed by atoms with Crippen molar-refractivity contribution in [2.75, 3.05) is 0 Å². The number of aryl methyl sites for hydroxylation is 3. The maximum atomic E-state index is 11.3. The van der Waals surface area contributed by atoms with Gasteiger partial charge in [0.2, 0.25) is 0 Å². The molecule has 1 aromatic carbocycles. The van der Waals surface area contributed by atoms with E-state index in [4.69, 9.17) is 0 Å². The van der Waals surface area contributed by atoms with E-state index < -0.39 is 5.97 Å². The zero-order valence-corrected chi connectivity index (χ0v) is 9.47. The van der Waals surface area contributed by atoms with E-state index in [-0.39, 0.29) is 0 Å². The number of rotatable bonds is 1. The number of aromatic carboxylic acids is 1. The Bertz CT molecular complexity index is 614. The van der Waals surface area contributed by atoms with Gasteiger partial charge in [0.25, 0.3) is 0 Å². The fourth-order valence-corrected chi connectivity index (χ4v) is 2.47. The Labute approximate surface area is 98.5 Å². The Morgan fingerprint density at radius 1 is 1.41 bits per heavy atom. The van der Waals surface area contributed by atoms with E-state index in [9.17, 15) is 9.90 Å². The highest BCUT2D eigenvalue weighted by Gasteiger charge is 2.26. The van der Waals surface area contributed by atoms with Gasteiger partial charge in [-0.25, -0.2) is 4.79 Å². The lowest BCUT2D eigenvalue weighted by Gasteiger charge is -2.18. The Morgan fingerprint density at radius 2 is 2.18 bits per heavy atom. The topological polar surface area (TPSA) is 55.1 Å². The van der Waals surface area contributed by atoms with Gasteiger partial charge in [0.05, 0.1) is 11.4 Å². The molecule has 0 bridgehead atoms. The quantitative estimate of drug-likeness (QED) is 0.813. The van der Waals surface area contributed by atoms with Gasteiger partial charge in [-0.15, -0.1) is 0 Å². The number of carboxylic acid groups (broad SMARTS) is 1. The molecule has 3 rings (SSSR count). The monoisotopic (exact) mass is 228 g/mol. The first kappa shape index (κ1) is 10.1. The number of nitrogens with zero attached hydrogens (tertiary/aromatic N) is 2. The molecule has 4 heteroatoms. The molecule has 1 aromatic heterocycles. The van der Waals surface area contributed by atoms with Crippen molar-refractivity contribution in [2.24, 2.45) is 0 Å². The predicted molar refractivity (Wildman–Crippen MR) is 63.1 cm³/mol. The minimum absolute atomic E-state index is 0.331. The van der Waals surface area contributed by atoms with Crippen LogP contribution >= 0.6 is 0 Å². The second-order valence-corrected chi connectivity index (χ2v) is 4.24. The van der Waals surface area contributed by atoms with Crippen LogP contribution in [0.3, 0.4) is 0 Å². The van der Waals surface area contributed by atoms with Gasteiger partial charge in [-0.05, 0) is 18.9 Å². The molecular formula is C13H12N2O2. The number of fused-ring (bicyclic) bond motifs is 3. The summed E-state index contributed by atoms with van der Waals surface area (Å²) in [6.45, 7) is 2.50. The summed E-state index contributed by atoms with van der Waals surface area (Å²) in [6.07, 6.45) is 0.906. The molecule has 86 valence electrons. The van der Waals surface area contributed by atoms with E-state index >= 15 is 0 Å². The molecule has 0 radical (unpaired) electrons. The molecule has 2 aromatic rings. The van der Waals surface area contributed by atoms with E-state index in [2.05, 4.69) is 5.10 Å². The standard InChI is InChI=1S/C13H12N2O2/c1-8-11(13(16)17)12-10-5-3-2-4-9(10)6-7-15(12)14-8/h2-5H,6-7H2,1H3,(H,16,17). The third-order valence-corrected chi connectivity index (χ3v) is 3.21. The van der Waals surface area contributed by atoms with Crippen LogP contribution in [-0.2, 0) is 13.0 Å². The lowest BCUT2D eigenvalue weighted by Crippen LogP contribution is -2.13. The van der Waals surface area contributed by atoms with Crippen LogP contribution in [0.1, 0.15) is 21.6 Å². The molecule has 0 spiro atoms. The van der Waals surface area contributed by atoms with Gasteiger partial charge in [0, 0.05) is 12.1 Å². The molecule has 0 saturated heterocycles. The number of aromatic nitrogens is 2. The van der Waals surface area contributed by atoms with Crippen molar-refractivity contribution in [1.29, 1.82) is 0 Å². The Hall–Kier alpha value is -2.10. The van der Waals surface area contributed by atoms with Crippen LogP contribution < -0.4 is 0 Å². The van der Waals surface area contributed by atoms with Crippen LogP contribution in [0, 0.1) is 6.92 Å². The molecule has 1 aliphatic rings. The van der Waals surface area contributed by atoms with E-state index in [1.54, 1.807) is 11.6 Å². The summed E-state index contributed by atoms with van der Waals surface area (Å²) in [7, 11) is 0. The fourth-order valence-electron chi connectivity index (χ4n) is 2.47. The molecule has 4 nitrogen and oxygen atoms in total. The largest absolute Gasteiger partial charge is 0.478 e. The number of carboxylic acids is 1. The van der Waals surface area contributed by atoms with Gasteiger partial charge < -0.3 is 5.11 Å². The Balaban J connectivity index is 2.34. The molecule has 1 N–H and O–H groups in total. The van der Waals surface area contributed by atoms with Crippen LogP contribution in [-0.4, -0.2) is 20.9 Å². The predicted octanol–water partition coefficient (Wildman–Crippen LogP) is 2.11. The third kappa shape index (κ3) is 1.37. The van der Waals surface area contributed by atoms with E-state index in [1.807, 2.05) is 24.3 Å². The Morgan fingerprint density at radius 3 is 2.94 bits per heavy atom. The van der Waals surface area contributed by atoms with Crippen molar-refractivity contribution in [2.45, 2.75) is 19.9 Å². The fraction of sp³-hybridized carbons (Fsp3) is 0.231. The molecule has 0 atom stereocenters. The molecule has 17 heavy (non-hydrogen) atoms. The summed E-state index contributed by atoms with van der Waals surface area (Å²) >= 11 is 0. The highest BCUT2D eigenvalue weighted by molar-refractivity contribution is 5.96. The highest BCUT2D eigenvalue weighted by Crippen LogP contribution is 2.33. The zero-order valence-electron chi connectivity index (χ0n) is 9.47. The summed E-state index contributed by atoms with van der Waals surface area (Å²) in [5, 5.41) is 13.6. The molecule has 1 aliphatic heterocycles. The summed E-state index contributed by atoms with van der Waals surface area (Å²) in [5.41, 5.74) is 3.86. The third-order valence-electron chi connectivity index (χ3n) is 3.21. The lowest BCUT2D eigenvalue weighted by molar-refractivity contribution is 0.0697. The minimum Gasteiger partial charge on any atom is -0.478 e. The molecule has 0 unspecified atom stereocenters. The van der Waals surface area contributed by atoms with E-state index in [0.717, 1.165) is 24.2 Å². The van der Waals surface area contributed by atoms with Gasteiger partial charge in [-0.3, -0.25) is 4.68 Å². The second kappa shape index (κ2) is 3.45. The van der Waals surface area contributed by atoms with Crippen molar-refractivity contribution in [1.82, 2.24) is 9.78 Å². The van der Waals surface area contributed by atoms with Gasteiger partial charge in [0.15, 0.2) is 0 Å². The second-order valence-electron chi connectivity index (χ2n) is 4.24. The normalized spacial score (nSPS) is 13.0. The first-order valence-electron chi connectivity index (χ1n) is 5.57. The van der Waals surface area contributed by atoms with Gasteiger partial charge in [-0.2, -0.15) is 5.10 Å². The molecule has 0 amide bonds. The average Bonchev–Trinajstić information content (AvgIpc) is 2.65. The molecule has 0 fully saturated rings. The maximum absolute atomic E-state index is 11.3. The van der Waals surface area contributed by atoms with Gasteiger partial charge in [0.1, 0.15) is 5.56 Å². The first-order valence-corrected chi connectivity index (χ1v) is 5.57. The van der Waals surface area contributed by atoms with Crippen molar-refractivity contribution >= 4 is 5.97 Å². The van der Waals surface area contributed by atoms with Crippen molar-refractivity contribution in [3.63, 3.8) is 0 Å². The smallest absolute Gasteiger partial charge is 0.339 e. The van der Waals surface area contributed by atoms with Crippen LogP contribution in [0.15, 0.2) is 24.3 Å². The summed E-state index contributed by atoms with van der Waals surface area (Å²) in [5.74, 6) is -0.902. The van der Waals surface area contributed by atoms with E-state index in [1.165, 1.54) is 5.56 Å². The van der Waals surface area contributed by atoms with Crippen molar-refractivity contribution < 1.29 is 9.90 Å². The van der Waals surface area contributed by atoms with Crippen LogP contribution in [0.25, 0.3) is 11.3 Å².